The number of carbonyl (C=O) groups excluding carboxylic acids is 4. The number of ether oxygens (including phenoxy) is 3. The largest absolute Gasteiger partial charge is 0.439 e. The zero-order valence-corrected chi connectivity index (χ0v) is 26.1. The number of hydrogen-bond donors (Lipinski definition) is 5. The average molecular weight is 606 g/mol. The molecule has 2 aliphatic rings. The van der Waals surface area contributed by atoms with Crippen molar-refractivity contribution < 1.29 is 43.6 Å². The lowest BCUT2D eigenvalue weighted by Gasteiger charge is -2.30. The molecule has 0 fully saturated rings. The highest BCUT2D eigenvalue weighted by atomic mass is 16.6. The van der Waals surface area contributed by atoms with Gasteiger partial charge in [0.2, 0.25) is 11.6 Å². The van der Waals surface area contributed by atoms with Crippen LogP contribution in [0.4, 0.5) is 4.79 Å². The lowest BCUT2D eigenvalue weighted by Crippen LogP contribution is -2.38. The van der Waals surface area contributed by atoms with Gasteiger partial charge in [0, 0.05) is 43.9 Å². The van der Waals surface area contributed by atoms with Gasteiger partial charge < -0.3 is 40.8 Å². The Labute approximate surface area is 253 Å². The number of amides is 2. The summed E-state index contributed by atoms with van der Waals surface area (Å²) in [6.45, 7) is 8.62. The third-order valence-electron chi connectivity index (χ3n) is 7.69. The number of fused-ring (bicyclic) bond motifs is 2. The van der Waals surface area contributed by atoms with Crippen LogP contribution in [-0.4, -0.2) is 85.1 Å². The highest BCUT2D eigenvalue weighted by Crippen LogP contribution is 2.29. The SMILES string of the molecule is CO[C@H]1C[C@H](C)CC2=C(NCC(C)O)C(=O)C=C(NC(=O)C(C)=CCC[C@H](OC)[C@@H](OC(N)=O)C(C)=C[C@H](C)[C@H]1O)C2=O. The Morgan fingerprint density at radius 1 is 1.16 bits per heavy atom. The van der Waals surface area contributed by atoms with Crippen molar-refractivity contribution in [3.63, 3.8) is 0 Å². The van der Waals surface area contributed by atoms with Crippen molar-refractivity contribution in [1.82, 2.24) is 10.6 Å². The van der Waals surface area contributed by atoms with E-state index in [1.165, 1.54) is 14.2 Å². The van der Waals surface area contributed by atoms with Gasteiger partial charge in [-0.1, -0.05) is 26.0 Å². The molecule has 1 aliphatic carbocycles. The van der Waals surface area contributed by atoms with E-state index < -0.39 is 60.0 Å². The van der Waals surface area contributed by atoms with Gasteiger partial charge in [0.1, 0.15) is 0 Å². The summed E-state index contributed by atoms with van der Waals surface area (Å²) in [5.41, 5.74) is 6.40. The van der Waals surface area contributed by atoms with Gasteiger partial charge in [0.25, 0.3) is 5.91 Å². The van der Waals surface area contributed by atoms with E-state index in [0.29, 0.717) is 30.4 Å². The Morgan fingerprint density at radius 2 is 1.81 bits per heavy atom. The van der Waals surface area contributed by atoms with Gasteiger partial charge in [0.15, 0.2) is 6.10 Å². The summed E-state index contributed by atoms with van der Waals surface area (Å²) in [5, 5.41) is 26.5. The minimum absolute atomic E-state index is 0.0507. The normalized spacial score (nSPS) is 29.2. The minimum Gasteiger partial charge on any atom is -0.439 e. The smallest absolute Gasteiger partial charge is 0.405 e. The maximum absolute atomic E-state index is 13.6. The summed E-state index contributed by atoms with van der Waals surface area (Å²) >= 11 is 0. The van der Waals surface area contributed by atoms with Crippen LogP contribution in [0.15, 0.2) is 46.3 Å². The van der Waals surface area contributed by atoms with Crippen LogP contribution in [0.2, 0.25) is 0 Å². The predicted molar refractivity (Wildman–Crippen MR) is 159 cm³/mol. The number of rotatable bonds is 6. The molecule has 1 aliphatic heterocycles. The van der Waals surface area contributed by atoms with Crippen molar-refractivity contribution in [2.75, 3.05) is 20.8 Å². The lowest BCUT2D eigenvalue weighted by molar-refractivity contribution is -0.120. The molecule has 2 bridgehead atoms. The summed E-state index contributed by atoms with van der Waals surface area (Å²) in [6, 6.07) is 0. The molecule has 6 N–H and O–H groups in total. The molecule has 43 heavy (non-hydrogen) atoms. The molecule has 240 valence electrons. The maximum atomic E-state index is 13.6. The second-order valence-electron chi connectivity index (χ2n) is 11.5. The van der Waals surface area contributed by atoms with E-state index in [4.69, 9.17) is 19.9 Å². The van der Waals surface area contributed by atoms with Crippen LogP contribution in [-0.2, 0) is 28.6 Å². The van der Waals surface area contributed by atoms with E-state index in [-0.39, 0.29) is 35.9 Å². The van der Waals surface area contributed by atoms with Crippen LogP contribution >= 0.6 is 0 Å². The van der Waals surface area contributed by atoms with Crippen LogP contribution in [0, 0.1) is 11.8 Å². The van der Waals surface area contributed by atoms with Crippen molar-refractivity contribution in [2.24, 2.45) is 17.6 Å². The third-order valence-corrected chi connectivity index (χ3v) is 7.69. The summed E-state index contributed by atoms with van der Waals surface area (Å²) < 4.78 is 16.7. The van der Waals surface area contributed by atoms with Crippen molar-refractivity contribution in [1.29, 1.82) is 0 Å². The van der Waals surface area contributed by atoms with Gasteiger partial charge in [0.05, 0.1) is 35.8 Å². The minimum atomic E-state index is -0.976. The van der Waals surface area contributed by atoms with Gasteiger partial charge in [-0.2, -0.15) is 0 Å². The second kappa shape index (κ2) is 16.5. The van der Waals surface area contributed by atoms with E-state index in [9.17, 15) is 29.4 Å². The fourth-order valence-electron chi connectivity index (χ4n) is 5.33. The molecule has 0 saturated heterocycles. The number of methoxy groups -OCH3 is 2. The second-order valence-corrected chi connectivity index (χ2v) is 11.5. The number of aliphatic hydroxyl groups excluding tert-OH is 2. The molecular weight excluding hydrogens is 558 g/mol. The highest BCUT2D eigenvalue weighted by molar-refractivity contribution is 6.23. The number of hydrogen-bond acceptors (Lipinski definition) is 10. The zero-order valence-electron chi connectivity index (χ0n) is 26.1. The van der Waals surface area contributed by atoms with Gasteiger partial charge >= 0.3 is 6.09 Å². The van der Waals surface area contributed by atoms with Gasteiger partial charge in [-0.05, 0) is 57.9 Å². The topological polar surface area (TPSA) is 187 Å². The number of nitrogens with two attached hydrogens (primary N) is 1. The molecule has 0 aromatic rings. The molecule has 0 aromatic heterocycles. The van der Waals surface area contributed by atoms with Crippen LogP contribution in [0.1, 0.15) is 60.3 Å². The molecule has 12 nitrogen and oxygen atoms in total. The molecule has 0 spiro atoms. The highest BCUT2D eigenvalue weighted by Gasteiger charge is 2.33. The quantitative estimate of drug-likeness (QED) is 0.221. The molecule has 0 radical (unpaired) electrons. The van der Waals surface area contributed by atoms with Crippen LogP contribution in [0.25, 0.3) is 0 Å². The van der Waals surface area contributed by atoms with E-state index in [0.717, 1.165) is 6.08 Å². The maximum Gasteiger partial charge on any atom is 0.405 e. The molecule has 0 saturated carbocycles. The van der Waals surface area contributed by atoms with Crippen LogP contribution in [0.5, 0.6) is 0 Å². The number of primary amides is 1. The Bertz CT molecular complexity index is 1170. The molecule has 0 aromatic carbocycles. The van der Waals surface area contributed by atoms with Crippen molar-refractivity contribution >= 4 is 23.6 Å². The summed E-state index contributed by atoms with van der Waals surface area (Å²) in [4.78, 5) is 51.5. The molecule has 12 heteroatoms. The fraction of sp³-hybridized carbons (Fsp3) is 0.613. The molecule has 1 heterocycles. The standard InChI is InChI=1S/C31H47N3O9/c1-16-11-21-26(33-15-20(5)35)23(36)14-22(28(21)38)34-30(39)17(2)9-8-10-24(41-6)29(43-31(32)40)19(4)13-18(3)27(37)25(12-16)42-7/h9,13-14,16,18,20,24-25,27,29,33,35,37H,8,10-12,15H2,1-7H3,(H2,32,40)(H,34,39)/t16-,18+,20?,24+,25+,27-,29+/m1/s1. The first-order valence-electron chi connectivity index (χ1n) is 14.5. The number of allylic oxidation sites excluding steroid dienone is 3. The van der Waals surface area contributed by atoms with Gasteiger partial charge in [-0.3, -0.25) is 14.4 Å². The monoisotopic (exact) mass is 605 g/mol. The lowest BCUT2D eigenvalue weighted by atomic mass is 9.85. The van der Waals surface area contributed by atoms with Crippen molar-refractivity contribution in [2.45, 2.75) is 90.8 Å². The number of carbonyl (C=O) groups is 4. The molecule has 7 atom stereocenters. The zero-order chi connectivity index (χ0) is 32.4. The fourth-order valence-corrected chi connectivity index (χ4v) is 5.33. The van der Waals surface area contributed by atoms with Gasteiger partial charge in [-0.15, -0.1) is 0 Å². The first-order valence-corrected chi connectivity index (χ1v) is 14.5. The van der Waals surface area contributed by atoms with E-state index in [1.54, 1.807) is 39.8 Å². The third kappa shape index (κ3) is 10.1. The molecule has 1 unspecified atom stereocenters. The summed E-state index contributed by atoms with van der Waals surface area (Å²) in [5.74, 6) is -2.23. The first kappa shape index (κ1) is 35.9. The summed E-state index contributed by atoms with van der Waals surface area (Å²) in [7, 11) is 2.96. The Kier molecular flexibility index (Phi) is 13.8. The Morgan fingerprint density at radius 3 is 2.40 bits per heavy atom. The molecule has 2 amide bonds. The van der Waals surface area contributed by atoms with Crippen molar-refractivity contribution in [3.8, 4) is 0 Å². The molecule has 2 rings (SSSR count). The van der Waals surface area contributed by atoms with E-state index in [2.05, 4.69) is 10.6 Å². The Hall–Kier alpha value is -3.32. The van der Waals surface area contributed by atoms with E-state index >= 15 is 0 Å². The molecular formula is C31H47N3O9. The number of Topliss-reactive ketones (excluding diaryl/α,β-unsaturated/α-hetero) is 1. The first-order chi connectivity index (χ1) is 20.2. The van der Waals surface area contributed by atoms with Crippen LogP contribution < -0.4 is 16.4 Å². The predicted octanol–water partition coefficient (Wildman–Crippen LogP) is 1.96. The number of nitrogens with one attached hydrogen (secondary N) is 2. The number of aliphatic hydroxyl groups is 2. The van der Waals surface area contributed by atoms with Crippen molar-refractivity contribution in [3.05, 3.63) is 46.3 Å². The average Bonchev–Trinajstić information content (AvgIpc) is 2.93. The summed E-state index contributed by atoms with van der Waals surface area (Å²) in [6.07, 6.45) is 0.909. The Balaban J connectivity index is 2.57. The van der Waals surface area contributed by atoms with Gasteiger partial charge in [-0.25, -0.2) is 4.79 Å². The number of ketones is 2. The van der Waals surface area contributed by atoms with Crippen LogP contribution in [0.3, 0.4) is 0 Å². The van der Waals surface area contributed by atoms with E-state index in [1.807, 2.05) is 6.92 Å².